The van der Waals surface area contributed by atoms with E-state index < -0.39 is 11.9 Å². The second-order valence-corrected chi connectivity index (χ2v) is 5.26. The Morgan fingerprint density at radius 3 is 1.38 bits per heavy atom. The number of carbonyl (C=O) groups is 2. The van der Waals surface area contributed by atoms with Crippen LogP contribution in [0.2, 0.25) is 0 Å². The molecule has 0 amide bonds. The highest BCUT2D eigenvalue weighted by molar-refractivity contribution is 5.92. The Kier molecular flexibility index (Phi) is 6.94. The predicted octanol–water partition coefficient (Wildman–Crippen LogP) is 4.32. The van der Waals surface area contributed by atoms with Gasteiger partial charge in [0.15, 0.2) is 0 Å². The summed E-state index contributed by atoms with van der Waals surface area (Å²) in [6.07, 6.45) is 0. The zero-order chi connectivity index (χ0) is 18.8. The summed E-state index contributed by atoms with van der Waals surface area (Å²) in [4.78, 5) is 31.9. The van der Waals surface area contributed by atoms with Gasteiger partial charge in [-0.3, -0.25) is 0 Å². The molecule has 0 heterocycles. The van der Waals surface area contributed by atoms with Crippen LogP contribution in [0.3, 0.4) is 0 Å². The molecule has 3 rings (SSSR count). The molecule has 0 spiro atoms. The average molecular weight is 350 g/mol. The van der Waals surface area contributed by atoms with Crippen molar-refractivity contribution in [1.82, 2.24) is 0 Å². The Hall–Kier alpha value is -3.60. The fourth-order valence-electron chi connectivity index (χ4n) is 1.88. The highest BCUT2D eigenvalue weighted by atomic mass is 17.2. The van der Waals surface area contributed by atoms with Crippen molar-refractivity contribution in [3.8, 4) is 5.75 Å². The molecule has 0 saturated heterocycles. The van der Waals surface area contributed by atoms with Gasteiger partial charge in [0.05, 0.1) is 11.1 Å². The standard InChI is InChI=1S/C14H10O4.C7H8O/c15-13(11-7-3-1-4-8-11)17-18-14(16)12-9-5-2-6-10-12;1-6-4-2-3-5-7(6)8/h1-10H;2-5,8H,1H3. The van der Waals surface area contributed by atoms with E-state index in [2.05, 4.69) is 9.78 Å². The molecule has 0 aliphatic rings. The Balaban J connectivity index is 0.000000254. The molecule has 132 valence electrons. The lowest BCUT2D eigenvalue weighted by Gasteiger charge is -2.02. The van der Waals surface area contributed by atoms with Crippen LogP contribution in [0.15, 0.2) is 84.9 Å². The lowest BCUT2D eigenvalue weighted by atomic mass is 10.2. The van der Waals surface area contributed by atoms with Crippen molar-refractivity contribution in [3.63, 3.8) is 0 Å². The molecule has 5 heteroatoms. The molecule has 0 unspecified atom stereocenters. The van der Waals surface area contributed by atoms with Gasteiger partial charge >= 0.3 is 11.9 Å². The third-order valence-corrected chi connectivity index (χ3v) is 3.33. The molecule has 3 aromatic carbocycles. The number of aromatic hydroxyl groups is 1. The normalized spacial score (nSPS) is 9.42. The number of rotatable bonds is 2. The highest BCUT2D eigenvalue weighted by Gasteiger charge is 2.12. The summed E-state index contributed by atoms with van der Waals surface area (Å²) >= 11 is 0. The van der Waals surface area contributed by atoms with Crippen molar-refractivity contribution in [1.29, 1.82) is 0 Å². The second kappa shape index (κ2) is 9.64. The third-order valence-electron chi connectivity index (χ3n) is 3.33. The van der Waals surface area contributed by atoms with Crippen LogP contribution >= 0.6 is 0 Å². The summed E-state index contributed by atoms with van der Waals surface area (Å²) in [6, 6.07) is 23.8. The summed E-state index contributed by atoms with van der Waals surface area (Å²) in [5, 5.41) is 8.92. The highest BCUT2D eigenvalue weighted by Crippen LogP contribution is 2.12. The summed E-state index contributed by atoms with van der Waals surface area (Å²) < 4.78 is 0. The van der Waals surface area contributed by atoms with Gasteiger partial charge in [0.2, 0.25) is 0 Å². The Bertz CT molecular complexity index is 772. The fraction of sp³-hybridized carbons (Fsp3) is 0.0476. The number of aryl methyl sites for hydroxylation is 1. The van der Waals surface area contributed by atoms with Crippen LogP contribution < -0.4 is 0 Å². The molecule has 1 N–H and O–H groups in total. The minimum Gasteiger partial charge on any atom is -0.508 e. The molecule has 26 heavy (non-hydrogen) atoms. The second-order valence-electron chi connectivity index (χ2n) is 5.26. The summed E-state index contributed by atoms with van der Waals surface area (Å²) in [5.41, 5.74) is 1.56. The first-order chi connectivity index (χ1) is 12.6. The van der Waals surface area contributed by atoms with Crippen molar-refractivity contribution in [2.45, 2.75) is 6.92 Å². The van der Waals surface area contributed by atoms with Gasteiger partial charge in [0, 0.05) is 0 Å². The number of hydrogen-bond donors (Lipinski definition) is 1. The minimum atomic E-state index is -0.708. The monoisotopic (exact) mass is 350 g/mol. The van der Waals surface area contributed by atoms with Gasteiger partial charge in [-0.1, -0.05) is 54.6 Å². The molecule has 0 radical (unpaired) electrons. The SMILES string of the molecule is Cc1ccccc1O.O=C(OOC(=O)c1ccccc1)c1ccccc1. The molecule has 3 aromatic rings. The van der Waals surface area contributed by atoms with Crippen LogP contribution in [0.5, 0.6) is 5.75 Å². The Labute approximate surface area is 151 Å². The zero-order valence-corrected chi connectivity index (χ0v) is 14.2. The fourth-order valence-corrected chi connectivity index (χ4v) is 1.88. The quantitative estimate of drug-likeness (QED) is 0.550. The van der Waals surface area contributed by atoms with Crippen LogP contribution in [0.25, 0.3) is 0 Å². The molecule has 0 bridgehead atoms. The number of carbonyl (C=O) groups excluding carboxylic acids is 2. The molecule has 0 aromatic heterocycles. The Morgan fingerprint density at radius 1 is 0.654 bits per heavy atom. The van der Waals surface area contributed by atoms with Gasteiger partial charge in [0.25, 0.3) is 0 Å². The van der Waals surface area contributed by atoms with E-state index >= 15 is 0 Å². The molecule has 0 aliphatic carbocycles. The van der Waals surface area contributed by atoms with E-state index in [0.29, 0.717) is 16.9 Å². The van der Waals surface area contributed by atoms with Crippen molar-refractivity contribution in [2.75, 3.05) is 0 Å². The van der Waals surface area contributed by atoms with Crippen LogP contribution in [0.1, 0.15) is 26.3 Å². The largest absolute Gasteiger partial charge is 0.508 e. The molecule has 0 saturated carbocycles. The van der Waals surface area contributed by atoms with Gasteiger partial charge < -0.3 is 5.11 Å². The number of para-hydroxylation sites is 1. The van der Waals surface area contributed by atoms with E-state index in [4.69, 9.17) is 5.11 Å². The topological polar surface area (TPSA) is 72.8 Å². The van der Waals surface area contributed by atoms with E-state index in [1.165, 1.54) is 0 Å². The summed E-state index contributed by atoms with van der Waals surface area (Å²) in [7, 11) is 0. The van der Waals surface area contributed by atoms with Gasteiger partial charge in [-0.05, 0) is 42.8 Å². The number of benzene rings is 3. The average Bonchev–Trinajstić information content (AvgIpc) is 2.70. The smallest absolute Gasteiger partial charge is 0.386 e. The maximum absolute atomic E-state index is 11.5. The summed E-state index contributed by atoms with van der Waals surface area (Å²) in [5.74, 6) is -1.05. The van der Waals surface area contributed by atoms with Crippen molar-refractivity contribution >= 4 is 11.9 Å². The van der Waals surface area contributed by atoms with E-state index in [9.17, 15) is 9.59 Å². The Morgan fingerprint density at radius 2 is 1.04 bits per heavy atom. The van der Waals surface area contributed by atoms with Gasteiger partial charge in [-0.15, -0.1) is 0 Å². The molecular weight excluding hydrogens is 332 g/mol. The van der Waals surface area contributed by atoms with E-state index in [1.54, 1.807) is 66.7 Å². The van der Waals surface area contributed by atoms with Crippen LogP contribution in [-0.4, -0.2) is 17.0 Å². The van der Waals surface area contributed by atoms with Gasteiger partial charge in [0.1, 0.15) is 5.75 Å². The first-order valence-corrected chi connectivity index (χ1v) is 7.86. The number of hydrogen-bond acceptors (Lipinski definition) is 5. The number of phenolic OH excluding ortho intramolecular Hbond substituents is 1. The van der Waals surface area contributed by atoms with E-state index in [-0.39, 0.29) is 0 Å². The van der Waals surface area contributed by atoms with E-state index in [0.717, 1.165) is 5.56 Å². The van der Waals surface area contributed by atoms with Gasteiger partial charge in [-0.2, -0.15) is 0 Å². The number of phenols is 1. The minimum absolute atomic E-state index is 0.318. The maximum atomic E-state index is 11.5. The van der Waals surface area contributed by atoms with Crippen LogP contribution in [-0.2, 0) is 9.78 Å². The zero-order valence-electron chi connectivity index (χ0n) is 14.2. The first-order valence-electron chi connectivity index (χ1n) is 7.86. The summed E-state index contributed by atoms with van der Waals surface area (Å²) in [6.45, 7) is 1.87. The van der Waals surface area contributed by atoms with Crippen molar-refractivity contribution in [3.05, 3.63) is 102 Å². The van der Waals surface area contributed by atoms with E-state index in [1.807, 2.05) is 25.1 Å². The predicted molar refractivity (Wildman–Crippen MR) is 96.6 cm³/mol. The van der Waals surface area contributed by atoms with Gasteiger partial charge in [-0.25, -0.2) is 19.4 Å². The van der Waals surface area contributed by atoms with Crippen LogP contribution in [0, 0.1) is 6.92 Å². The third kappa shape index (κ3) is 5.79. The lowest BCUT2D eigenvalue weighted by Crippen LogP contribution is -2.11. The molecule has 0 fully saturated rings. The molecular formula is C21H18O5. The molecule has 0 aliphatic heterocycles. The molecule has 0 atom stereocenters. The van der Waals surface area contributed by atoms with Crippen LogP contribution in [0.4, 0.5) is 0 Å². The maximum Gasteiger partial charge on any atom is 0.386 e. The lowest BCUT2D eigenvalue weighted by molar-refractivity contribution is -0.187. The first kappa shape index (κ1) is 18.7. The van der Waals surface area contributed by atoms with Crippen molar-refractivity contribution in [2.24, 2.45) is 0 Å². The van der Waals surface area contributed by atoms with Crippen molar-refractivity contribution < 1.29 is 24.5 Å². The molecule has 5 nitrogen and oxygen atoms in total.